The van der Waals surface area contributed by atoms with Gasteiger partial charge < -0.3 is 25.0 Å². The number of guanidine groups is 1. The van der Waals surface area contributed by atoms with Crippen LogP contribution in [0.1, 0.15) is 27.2 Å². The molecule has 1 aliphatic rings. The summed E-state index contributed by atoms with van der Waals surface area (Å²) in [6.07, 6.45) is 3.20. The highest BCUT2D eigenvalue weighted by molar-refractivity contribution is 7.99. The van der Waals surface area contributed by atoms with Crippen LogP contribution in [-0.4, -0.2) is 63.4 Å². The second-order valence-electron chi connectivity index (χ2n) is 7.31. The Balaban J connectivity index is 2.02. The Bertz CT molecular complexity index is 614. The Labute approximate surface area is 168 Å². The van der Waals surface area contributed by atoms with Gasteiger partial charge in [-0.05, 0) is 33.4 Å². The van der Waals surface area contributed by atoms with Crippen molar-refractivity contribution in [3.63, 3.8) is 0 Å². The first-order valence-electron chi connectivity index (χ1n) is 9.48. The lowest BCUT2D eigenvalue weighted by atomic mass is 10.2. The van der Waals surface area contributed by atoms with E-state index in [4.69, 9.17) is 14.5 Å². The third-order valence-corrected chi connectivity index (χ3v) is 5.98. The Morgan fingerprint density at radius 3 is 2.48 bits per heavy atom. The molecule has 0 amide bonds. The molecule has 0 aliphatic carbocycles. The van der Waals surface area contributed by atoms with Gasteiger partial charge >= 0.3 is 0 Å². The minimum absolute atomic E-state index is 0.140. The van der Waals surface area contributed by atoms with Crippen LogP contribution in [0.15, 0.2) is 23.2 Å². The zero-order valence-electron chi connectivity index (χ0n) is 17.5. The van der Waals surface area contributed by atoms with Crippen LogP contribution in [0.4, 0.5) is 5.69 Å². The van der Waals surface area contributed by atoms with Gasteiger partial charge in [-0.15, -0.1) is 0 Å². The molecule has 1 saturated heterocycles. The summed E-state index contributed by atoms with van der Waals surface area (Å²) < 4.78 is 10.9. The SMILES string of the molecule is CCNC(=NCC(C)(C)SC)NC1CCN(c2cc(OC)cc(OC)c2)C1. The number of ether oxygens (including phenoxy) is 2. The Morgan fingerprint density at radius 1 is 1.26 bits per heavy atom. The van der Waals surface area contributed by atoms with Crippen molar-refractivity contribution in [2.45, 2.75) is 38.0 Å². The second-order valence-corrected chi connectivity index (χ2v) is 8.82. The summed E-state index contributed by atoms with van der Waals surface area (Å²) in [6, 6.07) is 6.38. The molecule has 1 unspecified atom stereocenters. The first-order chi connectivity index (χ1) is 12.9. The molecule has 7 heteroatoms. The smallest absolute Gasteiger partial charge is 0.191 e. The van der Waals surface area contributed by atoms with Crippen molar-refractivity contribution in [1.82, 2.24) is 10.6 Å². The van der Waals surface area contributed by atoms with E-state index in [0.29, 0.717) is 6.04 Å². The zero-order chi connectivity index (χ0) is 19.9. The van der Waals surface area contributed by atoms with Crippen molar-refractivity contribution in [3.05, 3.63) is 18.2 Å². The van der Waals surface area contributed by atoms with Crippen LogP contribution in [0.2, 0.25) is 0 Å². The molecule has 27 heavy (non-hydrogen) atoms. The predicted octanol–water partition coefficient (Wildman–Crippen LogP) is 2.98. The fraction of sp³-hybridized carbons (Fsp3) is 0.650. The lowest BCUT2D eigenvalue weighted by Crippen LogP contribution is -2.45. The number of rotatable bonds is 8. The summed E-state index contributed by atoms with van der Waals surface area (Å²) in [5.41, 5.74) is 1.13. The standard InChI is InChI=1S/C20H34N4O2S/c1-7-21-19(22-14-20(2,3)27-6)23-15-8-9-24(13-15)16-10-17(25-4)12-18(11-16)26-5/h10-12,15H,7-9,13-14H2,1-6H3,(H2,21,22,23). The Kier molecular flexibility index (Phi) is 7.95. The number of hydrogen-bond acceptors (Lipinski definition) is 5. The average molecular weight is 395 g/mol. The van der Waals surface area contributed by atoms with Gasteiger partial charge in [-0.1, -0.05) is 0 Å². The van der Waals surface area contributed by atoms with Crippen molar-refractivity contribution in [2.24, 2.45) is 4.99 Å². The third-order valence-electron chi connectivity index (χ3n) is 4.75. The van der Waals surface area contributed by atoms with Crippen LogP contribution in [-0.2, 0) is 0 Å². The van der Waals surface area contributed by atoms with Crippen LogP contribution in [0, 0.1) is 0 Å². The van der Waals surface area contributed by atoms with E-state index in [0.717, 1.165) is 55.7 Å². The fourth-order valence-electron chi connectivity index (χ4n) is 2.93. The maximum absolute atomic E-state index is 5.40. The van der Waals surface area contributed by atoms with Crippen molar-refractivity contribution in [2.75, 3.05) is 51.6 Å². The topological polar surface area (TPSA) is 58.1 Å². The average Bonchev–Trinajstić information content (AvgIpc) is 3.14. The van der Waals surface area contributed by atoms with Gasteiger partial charge in [-0.3, -0.25) is 4.99 Å². The first kappa shape index (κ1) is 21.5. The molecule has 1 aromatic carbocycles. The van der Waals surface area contributed by atoms with Gasteiger partial charge in [-0.2, -0.15) is 11.8 Å². The minimum Gasteiger partial charge on any atom is -0.497 e. The Morgan fingerprint density at radius 2 is 1.93 bits per heavy atom. The van der Waals surface area contributed by atoms with Crippen LogP contribution in [0.3, 0.4) is 0 Å². The maximum Gasteiger partial charge on any atom is 0.191 e. The van der Waals surface area contributed by atoms with Crippen molar-refractivity contribution in [3.8, 4) is 11.5 Å². The van der Waals surface area contributed by atoms with Crippen LogP contribution in [0.25, 0.3) is 0 Å². The van der Waals surface area contributed by atoms with Gasteiger partial charge in [0.1, 0.15) is 11.5 Å². The molecular weight excluding hydrogens is 360 g/mol. The van der Waals surface area contributed by atoms with Crippen LogP contribution in [0.5, 0.6) is 11.5 Å². The number of benzene rings is 1. The minimum atomic E-state index is 0.140. The van der Waals surface area contributed by atoms with E-state index in [1.54, 1.807) is 14.2 Å². The number of thioether (sulfide) groups is 1. The number of methoxy groups -OCH3 is 2. The van der Waals surface area contributed by atoms with Crippen molar-refractivity contribution >= 4 is 23.4 Å². The van der Waals surface area contributed by atoms with Gasteiger partial charge in [0.05, 0.1) is 20.8 Å². The summed E-state index contributed by atoms with van der Waals surface area (Å²) in [7, 11) is 3.37. The lowest BCUT2D eigenvalue weighted by molar-refractivity contribution is 0.394. The van der Waals surface area contributed by atoms with E-state index in [9.17, 15) is 0 Å². The monoisotopic (exact) mass is 394 g/mol. The molecule has 0 saturated carbocycles. The van der Waals surface area contributed by atoms with E-state index in [1.807, 2.05) is 17.8 Å². The molecule has 0 bridgehead atoms. The van der Waals surface area contributed by atoms with E-state index in [2.05, 4.69) is 54.7 Å². The molecule has 2 rings (SSSR count). The summed E-state index contributed by atoms with van der Waals surface area (Å²) in [6.45, 7) is 10.1. The highest BCUT2D eigenvalue weighted by atomic mass is 32.2. The molecule has 0 spiro atoms. The molecule has 1 heterocycles. The predicted molar refractivity (Wildman–Crippen MR) is 117 cm³/mol. The van der Waals surface area contributed by atoms with Crippen molar-refractivity contribution in [1.29, 1.82) is 0 Å². The van der Waals surface area contributed by atoms with Crippen molar-refractivity contribution < 1.29 is 9.47 Å². The summed E-state index contributed by atoms with van der Waals surface area (Å²) in [5, 5.41) is 6.96. The van der Waals surface area contributed by atoms with E-state index in [-0.39, 0.29) is 4.75 Å². The number of nitrogens with zero attached hydrogens (tertiary/aromatic N) is 2. The zero-order valence-corrected chi connectivity index (χ0v) is 18.3. The summed E-state index contributed by atoms with van der Waals surface area (Å²) in [5.74, 6) is 2.53. The van der Waals surface area contributed by atoms with E-state index in [1.165, 1.54) is 0 Å². The highest BCUT2D eigenvalue weighted by Gasteiger charge is 2.24. The number of hydrogen-bond donors (Lipinski definition) is 2. The maximum atomic E-state index is 5.40. The van der Waals surface area contributed by atoms with Gasteiger partial charge in [0.15, 0.2) is 5.96 Å². The molecule has 1 aliphatic heterocycles. The summed E-state index contributed by atoms with van der Waals surface area (Å²) in [4.78, 5) is 7.15. The quantitative estimate of drug-likeness (QED) is 0.522. The van der Waals surface area contributed by atoms with Gasteiger partial charge in [0.25, 0.3) is 0 Å². The molecular formula is C20H34N4O2S. The molecule has 1 atom stereocenters. The summed E-state index contributed by atoms with van der Waals surface area (Å²) >= 11 is 1.84. The van der Waals surface area contributed by atoms with Gasteiger partial charge in [0, 0.05) is 54.3 Å². The first-order valence-corrected chi connectivity index (χ1v) is 10.7. The lowest BCUT2D eigenvalue weighted by Gasteiger charge is -2.23. The molecule has 2 N–H and O–H groups in total. The van der Waals surface area contributed by atoms with Crippen LogP contribution >= 0.6 is 11.8 Å². The Hall–Kier alpha value is -1.76. The highest BCUT2D eigenvalue weighted by Crippen LogP contribution is 2.30. The fourth-order valence-corrected chi connectivity index (χ4v) is 3.13. The largest absolute Gasteiger partial charge is 0.497 e. The van der Waals surface area contributed by atoms with E-state index < -0.39 is 0 Å². The molecule has 0 aromatic heterocycles. The van der Waals surface area contributed by atoms with Gasteiger partial charge in [-0.25, -0.2) is 0 Å². The molecule has 152 valence electrons. The molecule has 1 fully saturated rings. The molecule has 6 nitrogen and oxygen atoms in total. The van der Waals surface area contributed by atoms with Gasteiger partial charge in [0.2, 0.25) is 0 Å². The third kappa shape index (κ3) is 6.41. The normalized spacial score (nSPS) is 17.8. The number of aliphatic imine (C=N–C) groups is 1. The second kappa shape index (κ2) is 9.97. The molecule has 0 radical (unpaired) electrons. The molecule has 1 aromatic rings. The number of anilines is 1. The van der Waals surface area contributed by atoms with E-state index >= 15 is 0 Å². The number of nitrogens with one attached hydrogen (secondary N) is 2. The van der Waals surface area contributed by atoms with Crippen LogP contribution < -0.4 is 25.0 Å².